The molecule has 1 N–H and O–H groups in total. The van der Waals surface area contributed by atoms with E-state index in [4.69, 9.17) is 4.42 Å². The van der Waals surface area contributed by atoms with Crippen LogP contribution in [-0.4, -0.2) is 15.2 Å². The van der Waals surface area contributed by atoms with Gasteiger partial charge in [0.05, 0.1) is 11.8 Å². The van der Waals surface area contributed by atoms with Gasteiger partial charge in [-0.15, -0.1) is 0 Å². The van der Waals surface area contributed by atoms with Gasteiger partial charge in [0, 0.05) is 5.92 Å². The van der Waals surface area contributed by atoms with E-state index in [0.29, 0.717) is 16.4 Å². The predicted octanol–water partition coefficient (Wildman–Crippen LogP) is 2.70. The number of hydrogen-bond donors (Lipinski definition) is 1. The van der Waals surface area contributed by atoms with Crippen molar-refractivity contribution in [1.82, 2.24) is 15.2 Å². The zero-order valence-electron chi connectivity index (χ0n) is 7.33. The first-order valence-electron chi connectivity index (χ1n) is 4.50. The highest BCUT2D eigenvalue weighted by Crippen LogP contribution is 2.38. The summed E-state index contributed by atoms with van der Waals surface area (Å²) in [6, 6.07) is 1.85. The van der Waals surface area contributed by atoms with E-state index in [0.717, 1.165) is 11.4 Å². The summed E-state index contributed by atoms with van der Waals surface area (Å²) in [5, 5.41) is 7.11. The first-order valence-corrected chi connectivity index (χ1v) is 5.29. The van der Waals surface area contributed by atoms with E-state index in [1.54, 1.807) is 6.26 Å². The molecule has 4 nitrogen and oxygen atoms in total. The van der Waals surface area contributed by atoms with Crippen LogP contribution in [0.3, 0.4) is 0 Å². The minimum absolute atomic E-state index is 0.599. The number of nitrogens with one attached hydrogen (secondary N) is 1. The topological polar surface area (TPSA) is 54.7 Å². The molecule has 1 saturated carbocycles. The lowest BCUT2D eigenvalue weighted by Crippen LogP contribution is -1.81. The SMILES string of the molecule is Brc1occc1-c1n[nH]c(C2CC2)n1. The minimum atomic E-state index is 0.599. The van der Waals surface area contributed by atoms with Gasteiger partial charge in [0.25, 0.3) is 0 Å². The average molecular weight is 254 g/mol. The maximum Gasteiger partial charge on any atom is 0.185 e. The number of H-pyrrole nitrogens is 1. The van der Waals surface area contributed by atoms with Crippen LogP contribution in [0.2, 0.25) is 0 Å². The summed E-state index contributed by atoms with van der Waals surface area (Å²) in [6.45, 7) is 0. The standard InChI is InChI=1S/C9H8BrN3O/c10-7-6(3-4-14-7)9-11-8(12-13-9)5-1-2-5/h3-5H,1-2H2,(H,11,12,13). The highest BCUT2D eigenvalue weighted by atomic mass is 79.9. The summed E-state index contributed by atoms with van der Waals surface area (Å²) in [5.41, 5.74) is 0.896. The zero-order valence-corrected chi connectivity index (χ0v) is 8.91. The summed E-state index contributed by atoms with van der Waals surface area (Å²) in [4.78, 5) is 4.42. The third-order valence-electron chi connectivity index (χ3n) is 2.33. The number of aromatic amines is 1. The second kappa shape index (κ2) is 2.95. The smallest absolute Gasteiger partial charge is 0.185 e. The molecule has 14 heavy (non-hydrogen) atoms. The molecule has 1 aliphatic rings. The lowest BCUT2D eigenvalue weighted by molar-refractivity contribution is 0.542. The summed E-state index contributed by atoms with van der Waals surface area (Å²) in [7, 11) is 0. The van der Waals surface area contributed by atoms with Crippen LogP contribution in [0, 0.1) is 0 Å². The molecule has 0 spiro atoms. The first kappa shape index (κ1) is 8.23. The van der Waals surface area contributed by atoms with Crippen molar-refractivity contribution in [2.75, 3.05) is 0 Å². The molecule has 3 rings (SSSR count). The molecule has 1 fully saturated rings. The van der Waals surface area contributed by atoms with Crippen molar-refractivity contribution in [1.29, 1.82) is 0 Å². The van der Waals surface area contributed by atoms with Crippen LogP contribution < -0.4 is 0 Å². The average Bonchev–Trinajstić information content (AvgIpc) is 2.75. The Kier molecular flexibility index (Phi) is 1.73. The van der Waals surface area contributed by atoms with Gasteiger partial charge in [-0.05, 0) is 34.8 Å². The van der Waals surface area contributed by atoms with Crippen LogP contribution in [0.4, 0.5) is 0 Å². The molecule has 0 aromatic carbocycles. The van der Waals surface area contributed by atoms with Crippen molar-refractivity contribution in [2.45, 2.75) is 18.8 Å². The van der Waals surface area contributed by atoms with E-state index in [1.807, 2.05) is 6.07 Å². The highest BCUT2D eigenvalue weighted by molar-refractivity contribution is 9.10. The van der Waals surface area contributed by atoms with Crippen molar-refractivity contribution in [2.24, 2.45) is 0 Å². The van der Waals surface area contributed by atoms with Gasteiger partial charge < -0.3 is 4.42 Å². The summed E-state index contributed by atoms with van der Waals surface area (Å²) in [6.07, 6.45) is 4.06. The first-order chi connectivity index (χ1) is 6.84. The molecule has 2 heterocycles. The number of rotatable bonds is 2. The molecular weight excluding hydrogens is 246 g/mol. The Labute approximate surface area is 88.9 Å². The van der Waals surface area contributed by atoms with Crippen LogP contribution in [0.25, 0.3) is 11.4 Å². The fourth-order valence-corrected chi connectivity index (χ4v) is 1.80. The molecular formula is C9H8BrN3O. The molecule has 1 aliphatic carbocycles. The van der Waals surface area contributed by atoms with Crippen molar-refractivity contribution in [3.63, 3.8) is 0 Å². The van der Waals surface area contributed by atoms with Crippen LogP contribution in [0.15, 0.2) is 21.4 Å². The van der Waals surface area contributed by atoms with Crippen LogP contribution >= 0.6 is 15.9 Å². The molecule has 0 unspecified atom stereocenters. The Hall–Kier alpha value is -1.10. The van der Waals surface area contributed by atoms with E-state index in [9.17, 15) is 0 Å². The van der Waals surface area contributed by atoms with Gasteiger partial charge in [0.1, 0.15) is 5.82 Å². The van der Waals surface area contributed by atoms with Gasteiger partial charge in [0.15, 0.2) is 10.5 Å². The van der Waals surface area contributed by atoms with Crippen molar-refractivity contribution in [3.05, 3.63) is 22.8 Å². The predicted molar refractivity (Wildman–Crippen MR) is 53.8 cm³/mol. The molecule has 0 atom stereocenters. The normalized spacial score (nSPS) is 16.1. The van der Waals surface area contributed by atoms with Crippen LogP contribution in [0.1, 0.15) is 24.6 Å². The summed E-state index contributed by atoms with van der Waals surface area (Å²) >= 11 is 3.30. The van der Waals surface area contributed by atoms with Gasteiger partial charge in [0.2, 0.25) is 0 Å². The third-order valence-corrected chi connectivity index (χ3v) is 2.94. The van der Waals surface area contributed by atoms with Crippen molar-refractivity contribution < 1.29 is 4.42 Å². The maximum absolute atomic E-state index is 5.13. The Morgan fingerprint density at radius 3 is 3.00 bits per heavy atom. The maximum atomic E-state index is 5.13. The molecule has 72 valence electrons. The largest absolute Gasteiger partial charge is 0.457 e. The van der Waals surface area contributed by atoms with E-state index in [-0.39, 0.29) is 0 Å². The number of halogens is 1. The van der Waals surface area contributed by atoms with E-state index >= 15 is 0 Å². The lowest BCUT2D eigenvalue weighted by Gasteiger charge is -1.87. The Bertz CT molecular complexity index is 458. The molecule has 0 saturated heterocycles. The number of aromatic nitrogens is 3. The molecule has 0 aliphatic heterocycles. The van der Waals surface area contributed by atoms with Crippen LogP contribution in [0.5, 0.6) is 0 Å². The molecule has 0 bridgehead atoms. The van der Waals surface area contributed by atoms with Gasteiger partial charge in [-0.1, -0.05) is 0 Å². The van der Waals surface area contributed by atoms with Gasteiger partial charge in [-0.3, -0.25) is 5.10 Å². The van der Waals surface area contributed by atoms with E-state index in [2.05, 4.69) is 31.1 Å². The van der Waals surface area contributed by atoms with Crippen molar-refractivity contribution >= 4 is 15.9 Å². The number of nitrogens with zero attached hydrogens (tertiary/aromatic N) is 2. The second-order valence-electron chi connectivity index (χ2n) is 3.43. The van der Waals surface area contributed by atoms with Gasteiger partial charge in [-0.2, -0.15) is 5.10 Å². The molecule has 2 aromatic rings. The monoisotopic (exact) mass is 253 g/mol. The van der Waals surface area contributed by atoms with E-state index in [1.165, 1.54) is 12.8 Å². The molecule has 5 heteroatoms. The summed E-state index contributed by atoms with van der Waals surface area (Å²) in [5.74, 6) is 2.29. The van der Waals surface area contributed by atoms with Crippen molar-refractivity contribution in [3.8, 4) is 11.4 Å². The fourth-order valence-electron chi connectivity index (χ4n) is 1.39. The minimum Gasteiger partial charge on any atom is -0.457 e. The lowest BCUT2D eigenvalue weighted by atomic mass is 10.3. The summed E-state index contributed by atoms with van der Waals surface area (Å²) < 4.78 is 5.81. The molecule has 2 aromatic heterocycles. The molecule has 0 radical (unpaired) electrons. The quantitative estimate of drug-likeness (QED) is 0.896. The van der Waals surface area contributed by atoms with Gasteiger partial charge >= 0.3 is 0 Å². The third kappa shape index (κ3) is 1.28. The van der Waals surface area contributed by atoms with E-state index < -0.39 is 0 Å². The van der Waals surface area contributed by atoms with Gasteiger partial charge in [-0.25, -0.2) is 4.98 Å². The van der Waals surface area contributed by atoms with Crippen LogP contribution in [-0.2, 0) is 0 Å². The number of hydrogen-bond acceptors (Lipinski definition) is 3. The molecule has 0 amide bonds. The Morgan fingerprint density at radius 2 is 2.36 bits per heavy atom. The Morgan fingerprint density at radius 1 is 1.50 bits per heavy atom. The zero-order chi connectivity index (χ0) is 9.54. The highest BCUT2D eigenvalue weighted by Gasteiger charge is 2.27. The number of furan rings is 1. The second-order valence-corrected chi connectivity index (χ2v) is 4.15. The Balaban J connectivity index is 1.99. The fraction of sp³-hybridized carbons (Fsp3) is 0.333.